The van der Waals surface area contributed by atoms with Crippen LogP contribution in [-0.4, -0.2) is 114 Å². The van der Waals surface area contributed by atoms with Gasteiger partial charge < -0.3 is 39.1 Å². The molecule has 0 spiro atoms. The van der Waals surface area contributed by atoms with Crippen molar-refractivity contribution in [3.8, 4) is 11.5 Å². The summed E-state index contributed by atoms with van der Waals surface area (Å²) < 4.78 is 34.2. The second-order valence-corrected chi connectivity index (χ2v) is 13.1. The van der Waals surface area contributed by atoms with E-state index in [1.807, 2.05) is 26.1 Å². The molecule has 1 aliphatic heterocycles. The Morgan fingerprint density at radius 1 is 0.898 bits per heavy atom. The number of nitrogens with one attached hydrogen (secondary N) is 2. The fourth-order valence-electron chi connectivity index (χ4n) is 5.66. The van der Waals surface area contributed by atoms with E-state index in [1.165, 1.54) is 20.9 Å². The SMILES string of the molecule is COc1cc2nc(C)nc3c2cc1OCCOCCOCCOCCOCCNC(=O)CN(C)CC1=CCCC=C1c1ccc(s1)C(C)N3. The molecule has 2 aliphatic rings. The minimum atomic E-state index is -0.0244. The number of fused-ring (bicyclic) bond motifs is 5. The maximum absolute atomic E-state index is 12.6. The van der Waals surface area contributed by atoms with E-state index < -0.39 is 0 Å². The van der Waals surface area contributed by atoms with Crippen LogP contribution in [0.5, 0.6) is 11.5 Å². The van der Waals surface area contributed by atoms with Crippen LogP contribution in [0.3, 0.4) is 0 Å². The molecule has 3 heterocycles. The topological polar surface area (TPSA) is 126 Å². The summed E-state index contributed by atoms with van der Waals surface area (Å²) in [5.74, 6) is 2.56. The van der Waals surface area contributed by atoms with Crippen molar-refractivity contribution < 1.29 is 33.2 Å². The summed E-state index contributed by atoms with van der Waals surface area (Å²) in [5.41, 5.74) is 3.24. The number of likely N-dealkylation sites (N-methyl/N-ethyl adjacent to an activating group) is 1. The molecule has 4 bridgehead atoms. The Labute approximate surface area is 292 Å². The Bertz CT molecular complexity index is 1590. The molecule has 0 radical (unpaired) electrons. The lowest BCUT2D eigenvalue weighted by Gasteiger charge is -2.22. The van der Waals surface area contributed by atoms with E-state index in [1.54, 1.807) is 18.4 Å². The van der Waals surface area contributed by atoms with Gasteiger partial charge in [-0.2, -0.15) is 0 Å². The number of anilines is 1. The van der Waals surface area contributed by atoms with Crippen LogP contribution in [0, 0.1) is 6.92 Å². The summed E-state index contributed by atoms with van der Waals surface area (Å²) in [4.78, 5) is 26.5. The molecule has 0 saturated carbocycles. The predicted molar refractivity (Wildman–Crippen MR) is 192 cm³/mol. The zero-order chi connectivity index (χ0) is 34.4. The second kappa shape index (κ2) is 19.0. The van der Waals surface area contributed by atoms with Gasteiger partial charge in [0.2, 0.25) is 5.91 Å². The average Bonchev–Trinajstić information content (AvgIpc) is 3.58. The van der Waals surface area contributed by atoms with Crippen molar-refractivity contribution in [3.05, 3.63) is 57.6 Å². The van der Waals surface area contributed by atoms with Crippen LogP contribution in [0.15, 0.2) is 42.0 Å². The minimum Gasteiger partial charge on any atom is -0.493 e. The summed E-state index contributed by atoms with van der Waals surface area (Å²) in [6.07, 6.45) is 6.60. The van der Waals surface area contributed by atoms with Gasteiger partial charge in [-0.05, 0) is 63.1 Å². The molecule has 1 aliphatic carbocycles. The molecule has 5 rings (SSSR count). The van der Waals surface area contributed by atoms with E-state index >= 15 is 0 Å². The van der Waals surface area contributed by atoms with E-state index in [0.717, 1.165) is 29.6 Å². The number of nitrogens with zero attached hydrogens (tertiary/aromatic N) is 3. The maximum atomic E-state index is 12.6. The Morgan fingerprint density at radius 3 is 2.33 bits per heavy atom. The van der Waals surface area contributed by atoms with Gasteiger partial charge in [-0.15, -0.1) is 11.3 Å². The quantitative estimate of drug-likeness (QED) is 0.365. The summed E-state index contributed by atoms with van der Waals surface area (Å²) >= 11 is 1.77. The van der Waals surface area contributed by atoms with Gasteiger partial charge in [-0.25, -0.2) is 9.97 Å². The first-order chi connectivity index (χ1) is 23.9. The molecular formula is C36H49N5O7S. The molecule has 12 nitrogen and oxygen atoms in total. The number of allylic oxidation sites excluding steroid dienone is 2. The van der Waals surface area contributed by atoms with Crippen LogP contribution in [0.1, 0.15) is 41.4 Å². The number of rotatable bonds is 1. The van der Waals surface area contributed by atoms with Crippen molar-refractivity contribution in [1.29, 1.82) is 0 Å². The van der Waals surface area contributed by atoms with Crippen molar-refractivity contribution in [2.75, 3.05) is 98.6 Å². The first-order valence-corrected chi connectivity index (χ1v) is 17.7. The third kappa shape index (κ3) is 10.9. The van der Waals surface area contributed by atoms with Gasteiger partial charge in [-0.3, -0.25) is 9.69 Å². The van der Waals surface area contributed by atoms with Gasteiger partial charge in [0.1, 0.15) is 18.2 Å². The smallest absolute Gasteiger partial charge is 0.234 e. The standard InChI is InChI=1S/C36H49N5O7S/c1-25-33-9-10-34(49-33)28-8-6-5-7-27(28)23-41(3)24-35(42)37-11-12-44-13-14-45-15-16-46-17-18-47-19-20-48-32-21-29-30(22-31(32)43-4)39-26(2)40-36(29)38-25/h7-10,21-22,25H,5-6,11-20,23-24H2,1-4H3,(H,37,42)(H,38,39,40). The summed E-state index contributed by atoms with van der Waals surface area (Å²) in [7, 11) is 3.60. The molecular weight excluding hydrogens is 646 g/mol. The van der Waals surface area contributed by atoms with Gasteiger partial charge in [0.05, 0.1) is 78.1 Å². The lowest BCUT2D eigenvalue weighted by molar-refractivity contribution is -0.122. The van der Waals surface area contributed by atoms with Crippen molar-refractivity contribution in [3.63, 3.8) is 0 Å². The fraction of sp³-hybridized carbons (Fsp3) is 0.528. The molecule has 1 aromatic carbocycles. The van der Waals surface area contributed by atoms with E-state index in [0.29, 0.717) is 96.4 Å². The third-order valence-corrected chi connectivity index (χ3v) is 9.34. The number of aryl methyl sites for hydroxylation is 1. The largest absolute Gasteiger partial charge is 0.493 e. The highest BCUT2D eigenvalue weighted by Crippen LogP contribution is 2.38. The number of benzene rings is 1. The summed E-state index contributed by atoms with van der Waals surface area (Å²) in [5, 5.41) is 7.43. The van der Waals surface area contributed by atoms with Crippen molar-refractivity contribution in [2.45, 2.75) is 32.7 Å². The molecule has 1 amide bonds. The first kappa shape index (κ1) is 36.7. The van der Waals surface area contributed by atoms with Crippen molar-refractivity contribution >= 4 is 39.5 Å². The van der Waals surface area contributed by atoms with Gasteiger partial charge in [-0.1, -0.05) is 12.2 Å². The Kier molecular flexibility index (Phi) is 14.2. The van der Waals surface area contributed by atoms with E-state index in [9.17, 15) is 4.79 Å². The predicted octanol–water partition coefficient (Wildman–Crippen LogP) is 4.79. The monoisotopic (exact) mass is 695 g/mol. The van der Waals surface area contributed by atoms with E-state index in [2.05, 4.69) is 51.7 Å². The number of hydrogen-bond donors (Lipinski definition) is 2. The number of methoxy groups -OCH3 is 1. The van der Waals surface area contributed by atoms with Crippen LogP contribution in [0.25, 0.3) is 16.5 Å². The number of carbonyl (C=O) groups excluding carboxylic acids is 1. The first-order valence-electron chi connectivity index (χ1n) is 16.9. The van der Waals surface area contributed by atoms with Crippen LogP contribution in [-0.2, 0) is 23.7 Å². The molecule has 49 heavy (non-hydrogen) atoms. The van der Waals surface area contributed by atoms with Crippen LogP contribution in [0.4, 0.5) is 5.82 Å². The molecule has 0 saturated heterocycles. The highest BCUT2D eigenvalue weighted by atomic mass is 32.1. The van der Waals surface area contributed by atoms with Gasteiger partial charge in [0.15, 0.2) is 11.5 Å². The number of thiophene rings is 1. The molecule has 1 unspecified atom stereocenters. The lowest BCUT2D eigenvalue weighted by atomic mass is 9.96. The number of aromatic nitrogens is 2. The molecule has 266 valence electrons. The van der Waals surface area contributed by atoms with Crippen molar-refractivity contribution in [2.24, 2.45) is 0 Å². The van der Waals surface area contributed by atoms with Gasteiger partial charge >= 0.3 is 0 Å². The van der Waals surface area contributed by atoms with Crippen LogP contribution >= 0.6 is 11.3 Å². The van der Waals surface area contributed by atoms with Crippen LogP contribution < -0.4 is 20.1 Å². The number of ether oxygens (including phenoxy) is 6. The Hall–Kier alpha value is -3.59. The highest BCUT2D eigenvalue weighted by molar-refractivity contribution is 7.13. The number of hydrogen-bond acceptors (Lipinski definition) is 12. The average molecular weight is 696 g/mol. The lowest BCUT2D eigenvalue weighted by Crippen LogP contribution is -2.37. The zero-order valence-electron chi connectivity index (χ0n) is 29.0. The molecule has 2 aromatic heterocycles. The summed E-state index contributed by atoms with van der Waals surface area (Å²) in [6.45, 7) is 9.41. The number of carbonyl (C=O) groups is 1. The molecule has 13 heteroatoms. The zero-order valence-corrected chi connectivity index (χ0v) is 29.9. The third-order valence-electron chi connectivity index (χ3n) is 8.04. The molecule has 2 N–H and O–H groups in total. The highest BCUT2D eigenvalue weighted by Gasteiger charge is 2.20. The van der Waals surface area contributed by atoms with E-state index in [-0.39, 0.29) is 11.9 Å². The minimum absolute atomic E-state index is 0.0125. The van der Waals surface area contributed by atoms with Gasteiger partial charge in [0, 0.05) is 34.3 Å². The molecule has 1 atom stereocenters. The summed E-state index contributed by atoms with van der Waals surface area (Å²) in [6, 6.07) is 8.17. The second-order valence-electron chi connectivity index (χ2n) is 12.0. The Morgan fingerprint density at radius 2 is 1.59 bits per heavy atom. The normalized spacial score (nSPS) is 20.5. The molecule has 3 aromatic rings. The van der Waals surface area contributed by atoms with E-state index in [4.69, 9.17) is 33.4 Å². The number of amides is 1. The molecule has 0 fully saturated rings. The Balaban J connectivity index is 1.32. The fourth-order valence-corrected chi connectivity index (χ4v) is 6.75. The van der Waals surface area contributed by atoms with Crippen molar-refractivity contribution in [1.82, 2.24) is 20.2 Å². The van der Waals surface area contributed by atoms with Crippen LogP contribution in [0.2, 0.25) is 0 Å². The maximum Gasteiger partial charge on any atom is 0.234 e. The van der Waals surface area contributed by atoms with Gasteiger partial charge in [0.25, 0.3) is 0 Å².